The fourth-order valence-electron chi connectivity index (χ4n) is 8.12. The van der Waals surface area contributed by atoms with Gasteiger partial charge in [0.15, 0.2) is 0 Å². The summed E-state index contributed by atoms with van der Waals surface area (Å²) < 4.78 is 6.10. The molecule has 7 nitrogen and oxygen atoms in total. The number of ether oxygens (including phenoxy) is 1. The minimum absolute atomic E-state index is 0.0536. The lowest BCUT2D eigenvalue weighted by Gasteiger charge is -2.31. The van der Waals surface area contributed by atoms with Gasteiger partial charge in [0.1, 0.15) is 16.2 Å². The number of thiocarbonyl (C=S) groups is 1. The molecule has 0 heterocycles. The molecule has 2 N–H and O–H groups in total. The summed E-state index contributed by atoms with van der Waals surface area (Å²) in [4.78, 5) is 29.4. The van der Waals surface area contributed by atoms with Crippen LogP contribution in [0.4, 0.5) is 0 Å². The topological polar surface area (TPSA) is 111 Å². The van der Waals surface area contributed by atoms with Crippen molar-refractivity contribution in [3.8, 4) is 6.07 Å². The smallest absolute Gasteiger partial charge is 0.311 e. The average molecular weight is 928 g/mol. The van der Waals surface area contributed by atoms with Crippen molar-refractivity contribution in [3.63, 3.8) is 0 Å². The van der Waals surface area contributed by atoms with Gasteiger partial charge < -0.3 is 19.8 Å². The Bertz CT molecular complexity index is 1060. The molecule has 0 spiro atoms. The van der Waals surface area contributed by atoms with Crippen LogP contribution < -0.4 is 0 Å². The van der Waals surface area contributed by atoms with Crippen LogP contribution in [-0.2, 0) is 14.3 Å². The van der Waals surface area contributed by atoms with Crippen LogP contribution in [-0.4, -0.2) is 74.4 Å². The summed E-state index contributed by atoms with van der Waals surface area (Å²) in [7, 11) is 0. The molecule has 3 unspecified atom stereocenters. The van der Waals surface area contributed by atoms with Crippen LogP contribution in [0.3, 0.4) is 0 Å². The van der Waals surface area contributed by atoms with Crippen molar-refractivity contribution in [1.29, 1.82) is 5.26 Å². The molecule has 0 aliphatic rings. The van der Waals surface area contributed by atoms with Gasteiger partial charge in [0.05, 0.1) is 24.0 Å². The van der Waals surface area contributed by atoms with Crippen molar-refractivity contribution in [2.45, 2.75) is 259 Å². The normalized spacial score (nSPS) is 13.4. The van der Waals surface area contributed by atoms with Crippen LogP contribution in [0.5, 0.6) is 0 Å². The number of rotatable bonds is 46. The second kappa shape index (κ2) is 45.3. The zero-order valence-electron chi connectivity index (χ0n) is 40.9. The van der Waals surface area contributed by atoms with Gasteiger partial charge in [-0.15, -0.1) is 23.5 Å². The van der Waals surface area contributed by atoms with E-state index in [1.165, 1.54) is 192 Å². The predicted octanol–water partition coefficient (Wildman–Crippen LogP) is 15.3. The highest BCUT2D eigenvalue weighted by atomic mass is 32.2. The summed E-state index contributed by atoms with van der Waals surface area (Å²) in [5.74, 6) is -0.266. The largest absolute Gasteiger partial charge is 0.463 e. The molecule has 0 saturated heterocycles. The fraction of sp³-hybridized carbons (Fsp3) is 0.923. The molecule has 0 aromatic rings. The molecule has 0 aromatic heterocycles. The number of carbonyl (C=O) groups excluding carboxylic acids is 2. The van der Waals surface area contributed by atoms with Gasteiger partial charge in [-0.3, -0.25) is 9.59 Å². The number of unbranched alkanes of at least 4 members (excludes halogenated alkanes) is 30. The van der Waals surface area contributed by atoms with Crippen LogP contribution in [0.2, 0.25) is 0 Å². The third-order valence-electron chi connectivity index (χ3n) is 12.5. The number of aliphatic hydroxyl groups excluding tert-OH is 2. The van der Waals surface area contributed by atoms with Crippen molar-refractivity contribution in [3.05, 3.63) is 0 Å². The van der Waals surface area contributed by atoms with Gasteiger partial charge in [0.2, 0.25) is 5.91 Å². The van der Waals surface area contributed by atoms with E-state index in [1.54, 1.807) is 18.7 Å². The number of thioether (sulfide) groups is 2. The summed E-state index contributed by atoms with van der Waals surface area (Å²) in [6, 6.07) is 2.38. The second-order valence-electron chi connectivity index (χ2n) is 18.4. The first-order valence-corrected chi connectivity index (χ1v) is 28.5. The first-order valence-electron chi connectivity index (χ1n) is 26.1. The van der Waals surface area contributed by atoms with E-state index >= 15 is 0 Å². The summed E-state index contributed by atoms with van der Waals surface area (Å²) >= 11 is 8.46. The Balaban J connectivity index is 5.04. The summed E-state index contributed by atoms with van der Waals surface area (Å²) in [6.45, 7) is 8.99. The van der Waals surface area contributed by atoms with E-state index in [2.05, 4.69) is 26.8 Å². The highest BCUT2D eigenvalue weighted by Gasteiger charge is 2.41. The Hall–Kier alpha value is -0.860. The molecule has 62 heavy (non-hydrogen) atoms. The maximum absolute atomic E-state index is 13.9. The second-order valence-corrected chi connectivity index (χ2v) is 21.8. The van der Waals surface area contributed by atoms with Crippen LogP contribution in [0.15, 0.2) is 0 Å². The van der Waals surface area contributed by atoms with E-state index in [-0.39, 0.29) is 31.1 Å². The number of hydrogen-bond acceptors (Lipinski definition) is 9. The third-order valence-corrected chi connectivity index (χ3v) is 15.5. The summed E-state index contributed by atoms with van der Waals surface area (Å²) in [5, 5.41) is 29.6. The number of aliphatic hydroxyl groups is 2. The molecule has 0 aliphatic heterocycles. The molecular formula is C52H98N2O5S3. The Labute approximate surface area is 397 Å². The minimum atomic E-state index is -1.19. The molecule has 3 atom stereocenters. The monoisotopic (exact) mass is 927 g/mol. The lowest BCUT2D eigenvalue weighted by Crippen LogP contribution is -2.39. The van der Waals surface area contributed by atoms with E-state index in [9.17, 15) is 25.1 Å². The Morgan fingerprint density at radius 2 is 1.00 bits per heavy atom. The van der Waals surface area contributed by atoms with Crippen molar-refractivity contribution >= 4 is 51.1 Å². The zero-order chi connectivity index (χ0) is 45.8. The summed E-state index contributed by atoms with van der Waals surface area (Å²) in [5.41, 5.74) is -1.16. The Morgan fingerprint density at radius 1 is 0.629 bits per heavy atom. The number of nitriles is 1. The molecule has 0 rings (SSSR count). The van der Waals surface area contributed by atoms with Gasteiger partial charge in [-0.05, 0) is 38.4 Å². The van der Waals surface area contributed by atoms with Crippen LogP contribution in [0, 0.1) is 22.7 Å². The molecular weight excluding hydrogens is 829 g/mol. The zero-order valence-corrected chi connectivity index (χ0v) is 43.3. The Morgan fingerprint density at radius 3 is 1.34 bits per heavy atom. The SMILES string of the molecule is CCCCCCCCCCCCCCCCCCN(CCCCCCCCCCCCCCCCCC)C(=O)CCC(C)(C#N)C(CSC(=S)SCCC)C(=O)OCC(O)CO. The van der Waals surface area contributed by atoms with E-state index in [4.69, 9.17) is 17.0 Å². The highest BCUT2D eigenvalue weighted by Crippen LogP contribution is 2.37. The quantitative estimate of drug-likeness (QED) is 0.0350. The lowest BCUT2D eigenvalue weighted by atomic mass is 9.75. The Kier molecular flexibility index (Phi) is 44.7. The van der Waals surface area contributed by atoms with Crippen molar-refractivity contribution in [2.24, 2.45) is 11.3 Å². The number of carbonyl (C=O) groups is 2. The first-order chi connectivity index (χ1) is 30.2. The van der Waals surface area contributed by atoms with E-state index in [0.29, 0.717) is 3.53 Å². The maximum Gasteiger partial charge on any atom is 0.311 e. The predicted molar refractivity (Wildman–Crippen MR) is 274 cm³/mol. The molecule has 0 saturated carbocycles. The molecule has 10 heteroatoms. The highest BCUT2D eigenvalue weighted by molar-refractivity contribution is 8.47. The van der Waals surface area contributed by atoms with Crippen molar-refractivity contribution in [1.82, 2.24) is 4.90 Å². The van der Waals surface area contributed by atoms with Crippen molar-refractivity contribution < 1.29 is 24.5 Å². The first kappa shape index (κ1) is 61.1. The third kappa shape index (κ3) is 36.4. The van der Waals surface area contributed by atoms with Crippen LogP contribution >= 0.6 is 35.7 Å². The van der Waals surface area contributed by atoms with Gasteiger partial charge in [-0.25, -0.2) is 0 Å². The molecule has 1 amide bonds. The van der Waals surface area contributed by atoms with Crippen LogP contribution in [0.25, 0.3) is 0 Å². The fourth-order valence-corrected chi connectivity index (χ4v) is 10.5. The molecule has 0 radical (unpaired) electrons. The van der Waals surface area contributed by atoms with Crippen molar-refractivity contribution in [2.75, 3.05) is 37.8 Å². The standard InChI is InChI=1S/C52H98N2O5S3/c1-5-8-10-12-14-16-18-20-22-24-26-28-30-32-34-36-40-54(41-37-35-33-31-29-27-25-23-21-19-17-15-13-11-9-6-2)49(57)38-39-52(4,46-53)48(45-62-51(60)61-42-7-3)50(58)59-44-47(56)43-55/h47-48,55-56H,5-45H2,1-4H3. The molecule has 0 aromatic carbocycles. The van der Waals surface area contributed by atoms with Crippen LogP contribution in [0.1, 0.15) is 252 Å². The summed E-state index contributed by atoms with van der Waals surface area (Å²) in [6.07, 6.45) is 42.3. The molecule has 0 fully saturated rings. The molecule has 0 bridgehead atoms. The number of amides is 1. The van der Waals surface area contributed by atoms with Gasteiger partial charge >= 0.3 is 5.97 Å². The van der Waals surface area contributed by atoms with E-state index in [1.807, 2.05) is 4.90 Å². The van der Waals surface area contributed by atoms with Gasteiger partial charge in [0.25, 0.3) is 0 Å². The number of hydrogen-bond donors (Lipinski definition) is 2. The average Bonchev–Trinajstić information content (AvgIpc) is 3.28. The number of esters is 1. The minimum Gasteiger partial charge on any atom is -0.463 e. The van der Waals surface area contributed by atoms with E-state index in [0.717, 1.165) is 50.9 Å². The lowest BCUT2D eigenvalue weighted by molar-refractivity contribution is -0.155. The maximum atomic E-state index is 13.9. The van der Waals surface area contributed by atoms with Gasteiger partial charge in [0, 0.05) is 25.3 Å². The van der Waals surface area contributed by atoms with Gasteiger partial charge in [-0.2, -0.15) is 5.26 Å². The molecule has 0 aliphatic carbocycles. The van der Waals surface area contributed by atoms with E-state index < -0.39 is 30.0 Å². The molecule has 364 valence electrons. The van der Waals surface area contributed by atoms with Gasteiger partial charge in [-0.1, -0.05) is 226 Å². The number of nitrogens with zero attached hydrogens (tertiary/aromatic N) is 2.